The predicted octanol–water partition coefficient (Wildman–Crippen LogP) is 6.34. The highest BCUT2D eigenvalue weighted by Crippen LogP contribution is 2.33. The fourth-order valence-corrected chi connectivity index (χ4v) is 4.44. The third-order valence-electron chi connectivity index (χ3n) is 6.20. The molecule has 4 nitrogen and oxygen atoms in total. The summed E-state index contributed by atoms with van der Waals surface area (Å²) in [6, 6.07) is 21.9. The van der Waals surface area contributed by atoms with E-state index in [0.29, 0.717) is 30.0 Å². The Bertz CT molecular complexity index is 1350. The first-order chi connectivity index (χ1) is 16.4. The second-order valence-electron chi connectivity index (χ2n) is 8.51. The van der Waals surface area contributed by atoms with Crippen molar-refractivity contribution in [3.8, 4) is 11.3 Å². The fourth-order valence-electron chi connectivity index (χ4n) is 4.44. The first kappa shape index (κ1) is 22.1. The van der Waals surface area contributed by atoms with Crippen LogP contribution in [-0.2, 0) is 6.18 Å². The number of benzene rings is 2. The molecule has 7 heteroatoms. The van der Waals surface area contributed by atoms with E-state index in [2.05, 4.69) is 9.97 Å². The quantitative estimate of drug-likeness (QED) is 0.358. The number of rotatable bonds is 3. The van der Waals surface area contributed by atoms with Crippen LogP contribution in [0.2, 0.25) is 0 Å². The molecule has 0 aliphatic carbocycles. The van der Waals surface area contributed by atoms with Gasteiger partial charge in [0, 0.05) is 35.7 Å². The molecule has 2 aromatic heterocycles. The first-order valence-electron chi connectivity index (χ1n) is 11.2. The maximum Gasteiger partial charge on any atom is 0.416 e. The van der Waals surface area contributed by atoms with Crippen molar-refractivity contribution in [1.29, 1.82) is 0 Å². The smallest absolute Gasteiger partial charge is 0.337 e. The molecule has 1 amide bonds. The topological polar surface area (TPSA) is 46.1 Å². The SMILES string of the molecule is O=C(c1ccc2ccccc2n1)N1CCC[C@H](c2cccc(-c3cccc(C(F)(F)F)c3)n2)C1. The highest BCUT2D eigenvalue weighted by Gasteiger charge is 2.31. The van der Waals surface area contributed by atoms with Gasteiger partial charge < -0.3 is 4.90 Å². The molecule has 34 heavy (non-hydrogen) atoms. The van der Waals surface area contributed by atoms with Crippen LogP contribution in [0.1, 0.15) is 40.5 Å². The van der Waals surface area contributed by atoms with Gasteiger partial charge in [0.1, 0.15) is 5.69 Å². The number of amides is 1. The molecule has 3 heterocycles. The Hall–Kier alpha value is -3.74. The lowest BCUT2D eigenvalue weighted by Gasteiger charge is -2.32. The largest absolute Gasteiger partial charge is 0.416 e. The minimum Gasteiger partial charge on any atom is -0.337 e. The zero-order valence-electron chi connectivity index (χ0n) is 18.3. The van der Waals surface area contributed by atoms with Gasteiger partial charge in [-0.25, -0.2) is 4.98 Å². The second-order valence-corrected chi connectivity index (χ2v) is 8.51. The molecule has 0 radical (unpaired) electrons. The summed E-state index contributed by atoms with van der Waals surface area (Å²) in [7, 11) is 0. The Morgan fingerprint density at radius 2 is 1.74 bits per heavy atom. The van der Waals surface area contributed by atoms with Gasteiger partial charge in [-0.2, -0.15) is 13.2 Å². The van der Waals surface area contributed by atoms with Crippen molar-refractivity contribution >= 4 is 16.8 Å². The zero-order chi connectivity index (χ0) is 23.7. The highest BCUT2D eigenvalue weighted by atomic mass is 19.4. The molecule has 1 atom stereocenters. The van der Waals surface area contributed by atoms with Crippen LogP contribution in [0.3, 0.4) is 0 Å². The van der Waals surface area contributed by atoms with E-state index in [1.165, 1.54) is 6.07 Å². The Balaban J connectivity index is 1.37. The molecule has 1 fully saturated rings. The number of para-hydroxylation sites is 1. The van der Waals surface area contributed by atoms with Gasteiger partial charge in [0.25, 0.3) is 5.91 Å². The number of carbonyl (C=O) groups is 1. The van der Waals surface area contributed by atoms with E-state index in [0.717, 1.165) is 41.6 Å². The number of alkyl halides is 3. The minimum absolute atomic E-state index is 0.00362. The van der Waals surface area contributed by atoms with Gasteiger partial charge in [0.05, 0.1) is 16.8 Å². The van der Waals surface area contributed by atoms with Gasteiger partial charge in [-0.05, 0) is 49.2 Å². The lowest BCUT2D eigenvalue weighted by molar-refractivity contribution is -0.137. The van der Waals surface area contributed by atoms with Crippen molar-refractivity contribution in [3.63, 3.8) is 0 Å². The van der Waals surface area contributed by atoms with E-state index in [9.17, 15) is 18.0 Å². The number of nitrogens with zero attached hydrogens (tertiary/aromatic N) is 3. The van der Waals surface area contributed by atoms with E-state index >= 15 is 0 Å². The van der Waals surface area contributed by atoms with Crippen LogP contribution in [0.25, 0.3) is 22.2 Å². The minimum atomic E-state index is -4.41. The maximum atomic E-state index is 13.2. The molecule has 2 aromatic carbocycles. The van der Waals surface area contributed by atoms with Crippen LogP contribution < -0.4 is 0 Å². The summed E-state index contributed by atoms with van der Waals surface area (Å²) in [6.45, 7) is 1.13. The summed E-state index contributed by atoms with van der Waals surface area (Å²) in [5.74, 6) is -0.117. The molecule has 0 saturated carbocycles. The molecule has 1 saturated heterocycles. The summed E-state index contributed by atoms with van der Waals surface area (Å²) in [5.41, 5.74) is 2.17. The molecule has 172 valence electrons. The maximum absolute atomic E-state index is 13.2. The predicted molar refractivity (Wildman–Crippen MR) is 124 cm³/mol. The van der Waals surface area contributed by atoms with Crippen molar-refractivity contribution in [3.05, 3.63) is 95.8 Å². The van der Waals surface area contributed by atoms with Gasteiger partial charge in [-0.3, -0.25) is 9.78 Å². The first-order valence-corrected chi connectivity index (χ1v) is 11.2. The Labute approximate surface area is 195 Å². The van der Waals surface area contributed by atoms with E-state index in [4.69, 9.17) is 0 Å². The Morgan fingerprint density at radius 1 is 0.912 bits per heavy atom. The second kappa shape index (κ2) is 8.89. The van der Waals surface area contributed by atoms with Crippen molar-refractivity contribution in [2.24, 2.45) is 0 Å². The highest BCUT2D eigenvalue weighted by molar-refractivity contribution is 5.95. The van der Waals surface area contributed by atoms with Crippen LogP contribution >= 0.6 is 0 Å². The van der Waals surface area contributed by atoms with Crippen LogP contribution in [0.15, 0.2) is 78.9 Å². The van der Waals surface area contributed by atoms with Gasteiger partial charge >= 0.3 is 6.18 Å². The Morgan fingerprint density at radius 3 is 2.59 bits per heavy atom. The standard InChI is InChI=1S/C27H22F3N3O/c28-27(29,30)21-9-3-7-19(16-21)23-11-4-12-24(31-23)20-8-5-15-33(17-20)26(34)25-14-13-18-6-1-2-10-22(18)32-25/h1-4,6-7,9-14,16,20H,5,8,15,17H2/t20-/m0/s1. The number of likely N-dealkylation sites (tertiary alicyclic amines) is 1. The monoisotopic (exact) mass is 461 g/mol. The molecule has 4 aromatic rings. The van der Waals surface area contributed by atoms with Gasteiger partial charge in [-0.15, -0.1) is 0 Å². The number of carbonyl (C=O) groups excluding carboxylic acids is 1. The van der Waals surface area contributed by atoms with Crippen LogP contribution in [-0.4, -0.2) is 33.9 Å². The van der Waals surface area contributed by atoms with Crippen molar-refractivity contribution in [1.82, 2.24) is 14.9 Å². The van der Waals surface area contributed by atoms with Crippen LogP contribution in [0.4, 0.5) is 13.2 Å². The van der Waals surface area contributed by atoms with Crippen molar-refractivity contribution in [2.75, 3.05) is 13.1 Å². The van der Waals surface area contributed by atoms with Gasteiger partial charge in [0.15, 0.2) is 0 Å². The summed E-state index contributed by atoms with van der Waals surface area (Å²) in [6.07, 6.45) is -2.73. The number of piperidine rings is 1. The average Bonchev–Trinajstić information content (AvgIpc) is 2.88. The fraction of sp³-hybridized carbons (Fsp3) is 0.222. The lowest BCUT2D eigenvalue weighted by atomic mass is 9.93. The summed E-state index contributed by atoms with van der Waals surface area (Å²) in [4.78, 5) is 24.2. The number of fused-ring (bicyclic) bond motifs is 1. The molecule has 0 N–H and O–H groups in total. The zero-order valence-corrected chi connectivity index (χ0v) is 18.3. The van der Waals surface area contributed by atoms with Crippen molar-refractivity contribution < 1.29 is 18.0 Å². The summed E-state index contributed by atoms with van der Waals surface area (Å²) < 4.78 is 39.4. The van der Waals surface area contributed by atoms with Crippen LogP contribution in [0, 0.1) is 0 Å². The molecule has 0 spiro atoms. The third kappa shape index (κ3) is 4.51. The third-order valence-corrected chi connectivity index (χ3v) is 6.20. The number of halogens is 3. The number of hydrogen-bond acceptors (Lipinski definition) is 3. The molecule has 1 aliphatic heterocycles. The summed E-state index contributed by atoms with van der Waals surface area (Å²) >= 11 is 0. The summed E-state index contributed by atoms with van der Waals surface area (Å²) in [5, 5.41) is 0.978. The molecular weight excluding hydrogens is 439 g/mol. The van der Waals surface area contributed by atoms with Gasteiger partial charge in [0.2, 0.25) is 0 Å². The molecule has 0 unspecified atom stereocenters. The van der Waals surface area contributed by atoms with Gasteiger partial charge in [-0.1, -0.05) is 42.5 Å². The van der Waals surface area contributed by atoms with E-state index < -0.39 is 11.7 Å². The van der Waals surface area contributed by atoms with E-state index in [1.54, 1.807) is 23.1 Å². The number of hydrogen-bond donors (Lipinski definition) is 0. The lowest BCUT2D eigenvalue weighted by Crippen LogP contribution is -2.39. The molecular formula is C27H22F3N3O. The average molecular weight is 461 g/mol. The molecule has 5 rings (SSSR count). The molecule has 0 bridgehead atoms. The van der Waals surface area contributed by atoms with Crippen molar-refractivity contribution in [2.45, 2.75) is 24.9 Å². The number of pyridine rings is 2. The van der Waals surface area contributed by atoms with E-state index in [1.807, 2.05) is 42.5 Å². The molecule has 1 aliphatic rings. The normalized spacial score (nSPS) is 16.6. The van der Waals surface area contributed by atoms with Crippen LogP contribution in [0.5, 0.6) is 0 Å². The number of aromatic nitrogens is 2. The van der Waals surface area contributed by atoms with E-state index in [-0.39, 0.29) is 11.8 Å². The Kier molecular flexibility index (Phi) is 5.77.